The second-order valence-corrected chi connectivity index (χ2v) is 5.98. The zero-order chi connectivity index (χ0) is 19.4. The number of carboxylic acids is 1. The third-order valence-electron chi connectivity index (χ3n) is 3.87. The minimum atomic E-state index is -2.85. The summed E-state index contributed by atoms with van der Waals surface area (Å²) in [6.07, 6.45) is -8.14. The molecule has 1 fully saturated rings. The van der Waals surface area contributed by atoms with Crippen molar-refractivity contribution in [3.8, 4) is 0 Å². The van der Waals surface area contributed by atoms with Gasteiger partial charge in [-0.1, -0.05) is 0 Å². The molecule has 6 atom stereocenters. The van der Waals surface area contributed by atoms with Crippen molar-refractivity contribution in [2.75, 3.05) is 6.61 Å². The Balaban J connectivity index is 2.99. The van der Waals surface area contributed by atoms with Gasteiger partial charge in [-0.05, 0) is 6.92 Å². The van der Waals surface area contributed by atoms with Crippen LogP contribution in [0.3, 0.4) is 0 Å². The molecule has 0 radical (unpaired) electrons. The van der Waals surface area contributed by atoms with Gasteiger partial charge in [0.25, 0.3) is 5.79 Å². The van der Waals surface area contributed by atoms with Gasteiger partial charge in [-0.3, -0.25) is 4.79 Å². The van der Waals surface area contributed by atoms with E-state index >= 15 is 0 Å². The van der Waals surface area contributed by atoms with E-state index in [0.29, 0.717) is 0 Å². The molecule has 0 aromatic carbocycles. The Bertz CT molecular complexity index is 512. The molecule has 1 rings (SSSR count). The van der Waals surface area contributed by atoms with Crippen molar-refractivity contribution in [1.29, 1.82) is 0 Å². The molecule has 1 heterocycles. The molecule has 1 unspecified atom stereocenters. The maximum Gasteiger partial charge on any atom is 0.364 e. The zero-order valence-electron chi connectivity index (χ0n) is 13.5. The van der Waals surface area contributed by atoms with Crippen molar-refractivity contribution >= 4 is 17.7 Å². The Kier molecular flexibility index (Phi) is 7.41. The molecule has 7 N–H and O–H groups in total. The van der Waals surface area contributed by atoms with Crippen LogP contribution in [0.2, 0.25) is 0 Å². The number of rotatable bonds is 8. The number of nitrogens with one attached hydrogen (secondary N) is 1. The van der Waals surface area contributed by atoms with Crippen molar-refractivity contribution in [3.63, 3.8) is 0 Å². The summed E-state index contributed by atoms with van der Waals surface area (Å²) in [5.74, 6) is -5.60. The van der Waals surface area contributed by atoms with Gasteiger partial charge < -0.3 is 45.5 Å². The van der Waals surface area contributed by atoms with Gasteiger partial charge in [0, 0.05) is 19.3 Å². The monoisotopic (exact) mass is 365 g/mol. The van der Waals surface area contributed by atoms with Crippen LogP contribution in [0, 0.1) is 0 Å². The first-order valence-electron chi connectivity index (χ1n) is 7.59. The number of aliphatic carboxylic acids is 1. The minimum absolute atomic E-state index is 0.0684. The van der Waals surface area contributed by atoms with Crippen LogP contribution in [0.15, 0.2) is 0 Å². The van der Waals surface area contributed by atoms with E-state index in [1.54, 1.807) is 0 Å². The van der Waals surface area contributed by atoms with Crippen LogP contribution >= 0.6 is 0 Å². The van der Waals surface area contributed by atoms with Gasteiger partial charge in [-0.25, -0.2) is 4.79 Å². The van der Waals surface area contributed by atoms with Gasteiger partial charge >= 0.3 is 5.97 Å². The number of aliphatic hydroxyl groups is 5. The Morgan fingerprint density at radius 3 is 2.36 bits per heavy atom. The molecule has 11 heteroatoms. The van der Waals surface area contributed by atoms with Gasteiger partial charge in [-0.15, -0.1) is 0 Å². The van der Waals surface area contributed by atoms with Crippen LogP contribution in [-0.2, 0) is 19.1 Å². The number of carboxylic acid groups (broad SMARTS) is 1. The molecule has 0 aromatic rings. The third kappa shape index (κ3) is 5.42. The third-order valence-corrected chi connectivity index (χ3v) is 3.87. The van der Waals surface area contributed by atoms with E-state index in [2.05, 4.69) is 5.32 Å². The van der Waals surface area contributed by atoms with Gasteiger partial charge in [-0.2, -0.15) is 0 Å². The predicted molar refractivity (Wildman–Crippen MR) is 79.0 cm³/mol. The second-order valence-electron chi connectivity index (χ2n) is 5.98. The number of ether oxygens (including phenoxy) is 1. The Morgan fingerprint density at radius 2 is 1.88 bits per heavy atom. The number of amides is 1. The smallest absolute Gasteiger partial charge is 0.364 e. The van der Waals surface area contributed by atoms with Crippen molar-refractivity contribution < 1.29 is 49.8 Å². The highest BCUT2D eigenvalue weighted by atomic mass is 16.7. The number of Topliss-reactive ketones (excluding diaryl/α,β-unsaturated/α-hetero) is 1. The molecule has 0 aromatic heterocycles. The topological polar surface area (TPSA) is 194 Å². The molecule has 25 heavy (non-hydrogen) atoms. The molecular formula is C14H23NO10. The molecule has 1 aliphatic rings. The van der Waals surface area contributed by atoms with Crippen LogP contribution < -0.4 is 5.32 Å². The summed E-state index contributed by atoms with van der Waals surface area (Å²) in [7, 11) is 0. The lowest BCUT2D eigenvalue weighted by Crippen LogP contribution is -2.67. The fraction of sp³-hybridized carbons (Fsp3) is 0.786. The van der Waals surface area contributed by atoms with E-state index in [1.165, 1.54) is 6.92 Å². The van der Waals surface area contributed by atoms with Gasteiger partial charge in [0.05, 0.1) is 18.8 Å². The van der Waals surface area contributed by atoms with E-state index < -0.39 is 61.1 Å². The normalized spacial score (nSPS) is 31.8. The zero-order valence-corrected chi connectivity index (χ0v) is 13.5. The lowest BCUT2D eigenvalue weighted by atomic mass is 9.88. The van der Waals surface area contributed by atoms with Crippen molar-refractivity contribution in [2.45, 2.75) is 62.4 Å². The maximum atomic E-state index is 11.9. The molecule has 0 bridgehead atoms. The van der Waals surface area contributed by atoms with Crippen LogP contribution in [0.1, 0.15) is 26.2 Å². The summed E-state index contributed by atoms with van der Waals surface area (Å²) < 4.78 is 4.92. The largest absolute Gasteiger partial charge is 0.477 e. The predicted octanol–water partition coefficient (Wildman–Crippen LogP) is -3.52. The van der Waals surface area contributed by atoms with Gasteiger partial charge in [0.15, 0.2) is 0 Å². The number of carbonyl (C=O) groups excluding carboxylic acids is 2. The summed E-state index contributed by atoms with van der Waals surface area (Å²) in [6.45, 7) is 0.372. The first-order chi connectivity index (χ1) is 11.5. The lowest BCUT2D eigenvalue weighted by Gasteiger charge is -2.44. The van der Waals surface area contributed by atoms with Crippen LogP contribution in [-0.4, -0.2) is 91.2 Å². The number of ketones is 1. The summed E-state index contributed by atoms with van der Waals surface area (Å²) >= 11 is 0. The fourth-order valence-corrected chi connectivity index (χ4v) is 2.45. The quantitative estimate of drug-likeness (QED) is 0.226. The number of hydrogen-bond acceptors (Lipinski definition) is 9. The Hall–Kier alpha value is -1.63. The molecule has 11 nitrogen and oxygen atoms in total. The average molecular weight is 365 g/mol. The first-order valence-corrected chi connectivity index (χ1v) is 7.59. The highest BCUT2D eigenvalue weighted by Crippen LogP contribution is 2.30. The standard InChI is InChI=1S/C14H23NO10/c1-6(17)2-3-9(20)15-10-7(18)4-14(24,13(22)23)25-12(10)11(21)8(19)5-16/h7-8,10-12,16,18-19,21,24H,2-5H2,1H3,(H,15,20)(H,22,23)/t7-,8+,10+,11+,12+,14?/m0/s1. The number of aliphatic hydroxyl groups excluding tert-OH is 4. The highest BCUT2D eigenvalue weighted by molar-refractivity contribution is 5.83. The molecule has 1 saturated heterocycles. The molecule has 0 spiro atoms. The SMILES string of the molecule is CC(=O)CCC(=O)N[C@H]1[C@H]([C@H](O)[C@H](O)CO)OC(O)(C(=O)O)C[C@@H]1O. The molecule has 144 valence electrons. The van der Waals surface area contributed by atoms with Gasteiger partial charge in [0.1, 0.15) is 24.1 Å². The van der Waals surface area contributed by atoms with E-state index in [4.69, 9.17) is 14.9 Å². The first kappa shape index (κ1) is 21.4. The van der Waals surface area contributed by atoms with E-state index in [9.17, 15) is 34.8 Å². The van der Waals surface area contributed by atoms with Crippen molar-refractivity contribution in [2.24, 2.45) is 0 Å². The van der Waals surface area contributed by atoms with E-state index in [1.807, 2.05) is 0 Å². The van der Waals surface area contributed by atoms with Crippen LogP contribution in [0.4, 0.5) is 0 Å². The molecular weight excluding hydrogens is 342 g/mol. The molecule has 0 saturated carbocycles. The maximum absolute atomic E-state index is 11.9. The Morgan fingerprint density at radius 1 is 1.28 bits per heavy atom. The summed E-state index contributed by atoms with van der Waals surface area (Å²) in [5.41, 5.74) is 0. The average Bonchev–Trinajstić information content (AvgIpc) is 2.53. The van der Waals surface area contributed by atoms with Crippen LogP contribution in [0.25, 0.3) is 0 Å². The summed E-state index contributed by atoms with van der Waals surface area (Å²) in [6, 6.07) is -1.38. The van der Waals surface area contributed by atoms with Crippen LogP contribution in [0.5, 0.6) is 0 Å². The Labute approximate surface area is 142 Å². The highest BCUT2D eigenvalue weighted by Gasteiger charge is 2.53. The molecule has 0 aliphatic carbocycles. The summed E-state index contributed by atoms with van der Waals surface area (Å²) in [5, 5.41) is 59.8. The molecule has 1 aliphatic heterocycles. The van der Waals surface area contributed by atoms with Crippen molar-refractivity contribution in [3.05, 3.63) is 0 Å². The fourth-order valence-electron chi connectivity index (χ4n) is 2.45. The van der Waals surface area contributed by atoms with Crippen molar-refractivity contribution in [1.82, 2.24) is 5.32 Å². The van der Waals surface area contributed by atoms with E-state index in [0.717, 1.165) is 0 Å². The number of carbonyl (C=O) groups is 3. The minimum Gasteiger partial charge on any atom is -0.477 e. The second kappa shape index (κ2) is 8.65. The summed E-state index contributed by atoms with van der Waals surface area (Å²) in [4.78, 5) is 33.9. The lowest BCUT2D eigenvalue weighted by molar-refractivity contribution is -0.295. The van der Waals surface area contributed by atoms with E-state index in [-0.39, 0.29) is 18.6 Å². The number of hydrogen-bond donors (Lipinski definition) is 7. The van der Waals surface area contributed by atoms with Gasteiger partial charge in [0.2, 0.25) is 5.91 Å². The molecule has 1 amide bonds.